The van der Waals surface area contributed by atoms with Crippen LogP contribution in [-0.4, -0.2) is 13.0 Å². The molecule has 72 valence electrons. The summed E-state index contributed by atoms with van der Waals surface area (Å²) in [5.41, 5.74) is 0. The monoisotopic (exact) mass is 210 g/mol. The maximum atomic E-state index is 12.6. The molecule has 1 aromatic carbocycles. The first-order valence-corrected chi connectivity index (χ1v) is 3.83. The van der Waals surface area contributed by atoms with Gasteiger partial charge < -0.3 is 4.74 Å². The van der Waals surface area contributed by atoms with Gasteiger partial charge in [-0.25, -0.2) is 13.2 Å². The minimum absolute atomic E-state index is 0.131. The van der Waals surface area contributed by atoms with Crippen LogP contribution in [0.3, 0.4) is 0 Å². The van der Waals surface area contributed by atoms with Gasteiger partial charge in [0.15, 0.2) is 0 Å². The first kappa shape index (κ1) is 10.2. The Morgan fingerprint density at radius 3 is 2.62 bits per heavy atom. The normalized spacial score (nSPS) is 10.5. The zero-order chi connectivity index (χ0) is 9.84. The predicted octanol–water partition coefficient (Wildman–Crippen LogP) is 3.12. The number of halogens is 4. The van der Waals surface area contributed by atoms with Gasteiger partial charge in [0.25, 0.3) is 6.43 Å². The molecule has 0 aliphatic rings. The molecule has 13 heavy (non-hydrogen) atoms. The van der Waals surface area contributed by atoms with E-state index in [1.165, 1.54) is 6.07 Å². The van der Waals surface area contributed by atoms with Crippen LogP contribution in [0.2, 0.25) is 5.02 Å². The number of hydrogen-bond donors (Lipinski definition) is 0. The molecule has 0 unspecified atom stereocenters. The quantitative estimate of drug-likeness (QED) is 0.745. The number of alkyl halides is 2. The van der Waals surface area contributed by atoms with E-state index in [-0.39, 0.29) is 10.8 Å². The second kappa shape index (κ2) is 4.37. The Morgan fingerprint density at radius 1 is 1.38 bits per heavy atom. The Bertz CT molecular complexity index is 291. The maximum Gasteiger partial charge on any atom is 0.272 e. The Labute approximate surface area is 78.1 Å². The van der Waals surface area contributed by atoms with Gasteiger partial charge in [-0.2, -0.15) is 0 Å². The van der Waals surface area contributed by atoms with Crippen molar-refractivity contribution >= 4 is 11.6 Å². The molecule has 5 heteroatoms. The molecule has 1 nitrogen and oxygen atoms in total. The lowest BCUT2D eigenvalue weighted by Crippen LogP contribution is -2.06. The smallest absolute Gasteiger partial charge is 0.272 e. The van der Waals surface area contributed by atoms with Crippen molar-refractivity contribution in [3.8, 4) is 5.75 Å². The van der Waals surface area contributed by atoms with Crippen molar-refractivity contribution in [2.45, 2.75) is 6.43 Å². The topological polar surface area (TPSA) is 9.23 Å². The van der Waals surface area contributed by atoms with E-state index in [2.05, 4.69) is 4.74 Å². The van der Waals surface area contributed by atoms with Gasteiger partial charge in [-0.1, -0.05) is 11.6 Å². The van der Waals surface area contributed by atoms with E-state index >= 15 is 0 Å². The highest BCUT2D eigenvalue weighted by atomic mass is 35.5. The van der Waals surface area contributed by atoms with Crippen LogP contribution in [0.5, 0.6) is 5.75 Å². The third-order valence-electron chi connectivity index (χ3n) is 1.27. The van der Waals surface area contributed by atoms with Crippen molar-refractivity contribution < 1.29 is 17.9 Å². The van der Waals surface area contributed by atoms with Crippen molar-refractivity contribution in [2.24, 2.45) is 0 Å². The first-order chi connectivity index (χ1) is 6.09. The van der Waals surface area contributed by atoms with Gasteiger partial charge in [-0.05, 0) is 12.1 Å². The molecule has 0 amide bonds. The predicted molar refractivity (Wildman–Crippen MR) is 42.9 cm³/mol. The SMILES string of the molecule is Fc1ccc(OCC(F)F)cc1Cl. The summed E-state index contributed by atoms with van der Waals surface area (Å²) < 4.78 is 40.5. The van der Waals surface area contributed by atoms with Crippen LogP contribution in [-0.2, 0) is 0 Å². The van der Waals surface area contributed by atoms with Gasteiger partial charge >= 0.3 is 0 Å². The van der Waals surface area contributed by atoms with Crippen LogP contribution in [0.4, 0.5) is 13.2 Å². The van der Waals surface area contributed by atoms with Crippen molar-refractivity contribution in [2.75, 3.05) is 6.61 Å². The average Bonchev–Trinajstić information content (AvgIpc) is 2.07. The lowest BCUT2D eigenvalue weighted by molar-refractivity contribution is 0.0819. The molecule has 0 spiro atoms. The molecule has 0 radical (unpaired) electrons. The van der Waals surface area contributed by atoms with Crippen LogP contribution in [0, 0.1) is 5.82 Å². The van der Waals surface area contributed by atoms with Gasteiger partial charge in [-0.15, -0.1) is 0 Å². The van der Waals surface area contributed by atoms with Gasteiger partial charge in [0.1, 0.15) is 18.2 Å². The summed E-state index contributed by atoms with van der Waals surface area (Å²) in [5, 5.41) is -0.147. The second-order valence-corrected chi connectivity index (χ2v) is 2.69. The highest BCUT2D eigenvalue weighted by Crippen LogP contribution is 2.21. The maximum absolute atomic E-state index is 12.6. The first-order valence-electron chi connectivity index (χ1n) is 3.45. The molecule has 0 aromatic heterocycles. The van der Waals surface area contributed by atoms with E-state index in [0.29, 0.717) is 0 Å². The Morgan fingerprint density at radius 2 is 2.08 bits per heavy atom. The van der Waals surface area contributed by atoms with E-state index in [9.17, 15) is 13.2 Å². The minimum atomic E-state index is -2.55. The Balaban J connectivity index is 2.63. The summed E-state index contributed by atoms with van der Waals surface area (Å²) in [4.78, 5) is 0. The summed E-state index contributed by atoms with van der Waals surface area (Å²) >= 11 is 5.39. The Hall–Kier alpha value is -0.900. The van der Waals surface area contributed by atoms with Gasteiger partial charge in [0, 0.05) is 6.07 Å². The number of hydrogen-bond acceptors (Lipinski definition) is 1. The van der Waals surface area contributed by atoms with Crippen molar-refractivity contribution in [3.63, 3.8) is 0 Å². The van der Waals surface area contributed by atoms with Crippen LogP contribution in [0.1, 0.15) is 0 Å². The fourth-order valence-corrected chi connectivity index (χ4v) is 0.896. The fourth-order valence-electron chi connectivity index (χ4n) is 0.726. The Kier molecular flexibility index (Phi) is 3.42. The molecule has 1 aromatic rings. The highest BCUT2D eigenvalue weighted by molar-refractivity contribution is 6.30. The zero-order valence-electron chi connectivity index (χ0n) is 6.44. The van der Waals surface area contributed by atoms with E-state index in [1.54, 1.807) is 0 Å². The lowest BCUT2D eigenvalue weighted by Gasteiger charge is -2.05. The molecule has 0 N–H and O–H groups in total. The molecule has 0 saturated heterocycles. The minimum Gasteiger partial charge on any atom is -0.488 e. The summed E-state index contributed by atoms with van der Waals surface area (Å²) in [5.74, 6) is -0.474. The van der Waals surface area contributed by atoms with Crippen LogP contribution in [0.15, 0.2) is 18.2 Å². The van der Waals surface area contributed by atoms with Crippen molar-refractivity contribution in [1.82, 2.24) is 0 Å². The second-order valence-electron chi connectivity index (χ2n) is 2.28. The van der Waals surface area contributed by atoms with E-state index in [0.717, 1.165) is 12.1 Å². The zero-order valence-corrected chi connectivity index (χ0v) is 7.19. The van der Waals surface area contributed by atoms with Crippen molar-refractivity contribution in [3.05, 3.63) is 29.0 Å². The molecular weight excluding hydrogens is 205 g/mol. The molecule has 0 saturated carbocycles. The summed E-state index contributed by atoms with van der Waals surface area (Å²) in [6.45, 7) is -0.720. The molecule has 0 bridgehead atoms. The lowest BCUT2D eigenvalue weighted by atomic mass is 10.3. The standard InChI is InChI=1S/C8H6ClF3O/c9-6-3-5(1-2-7(6)10)13-4-8(11)12/h1-3,8H,4H2. The number of ether oxygens (including phenoxy) is 1. The van der Waals surface area contributed by atoms with Crippen LogP contribution >= 0.6 is 11.6 Å². The highest BCUT2D eigenvalue weighted by Gasteiger charge is 2.05. The molecular formula is C8H6ClF3O. The van der Waals surface area contributed by atoms with Gasteiger partial charge in [0.05, 0.1) is 5.02 Å². The molecule has 1 rings (SSSR count). The summed E-state index contributed by atoms with van der Waals surface area (Å²) in [6.07, 6.45) is -2.55. The van der Waals surface area contributed by atoms with E-state index < -0.39 is 18.8 Å². The number of rotatable bonds is 3. The van der Waals surface area contributed by atoms with E-state index in [1.807, 2.05) is 0 Å². The third kappa shape index (κ3) is 3.14. The van der Waals surface area contributed by atoms with E-state index in [4.69, 9.17) is 11.6 Å². The third-order valence-corrected chi connectivity index (χ3v) is 1.56. The summed E-state index contributed by atoms with van der Waals surface area (Å²) in [6, 6.07) is 3.45. The number of benzene rings is 1. The molecule has 0 aliphatic heterocycles. The fraction of sp³-hybridized carbons (Fsp3) is 0.250. The molecule has 0 atom stereocenters. The van der Waals surface area contributed by atoms with Crippen LogP contribution in [0.25, 0.3) is 0 Å². The van der Waals surface area contributed by atoms with Crippen molar-refractivity contribution in [1.29, 1.82) is 0 Å². The van der Waals surface area contributed by atoms with Crippen LogP contribution < -0.4 is 4.74 Å². The largest absolute Gasteiger partial charge is 0.488 e. The summed E-state index contributed by atoms with van der Waals surface area (Å²) in [7, 11) is 0. The van der Waals surface area contributed by atoms with Gasteiger partial charge in [0.2, 0.25) is 0 Å². The van der Waals surface area contributed by atoms with Gasteiger partial charge in [-0.3, -0.25) is 0 Å². The molecule has 0 aliphatic carbocycles. The molecule has 0 heterocycles. The molecule has 0 fully saturated rings. The average molecular weight is 211 g/mol.